The predicted octanol–water partition coefficient (Wildman–Crippen LogP) is 3.33. The zero-order chi connectivity index (χ0) is 20.1. The van der Waals surface area contributed by atoms with E-state index < -0.39 is 11.7 Å². The molecule has 2 aromatic rings. The van der Waals surface area contributed by atoms with Crippen molar-refractivity contribution >= 4 is 22.7 Å². The Hall–Kier alpha value is -2.51. The number of benzene rings is 1. The van der Waals surface area contributed by atoms with Crippen molar-refractivity contribution < 1.29 is 22.8 Å². The third-order valence-corrected chi connectivity index (χ3v) is 5.67. The fourth-order valence-corrected chi connectivity index (χ4v) is 3.78. The van der Waals surface area contributed by atoms with Gasteiger partial charge in [-0.3, -0.25) is 9.59 Å². The molecule has 2 fully saturated rings. The minimum Gasteiger partial charge on any atom is -0.353 e. The molecule has 2 aliphatic rings. The lowest BCUT2D eigenvalue weighted by atomic mass is 10.0. The summed E-state index contributed by atoms with van der Waals surface area (Å²) >= 11 is 0. The molecule has 1 saturated heterocycles. The molecule has 150 valence electrons. The number of carbonyl (C=O) groups excluding carboxylic acids is 2. The van der Waals surface area contributed by atoms with E-state index in [1.807, 2.05) is 0 Å². The molecule has 2 heterocycles. The highest BCUT2D eigenvalue weighted by atomic mass is 19.4. The number of fused-ring (bicyclic) bond motifs is 1. The zero-order valence-corrected chi connectivity index (χ0v) is 15.6. The van der Waals surface area contributed by atoms with E-state index in [1.165, 1.54) is 12.1 Å². The smallest absolute Gasteiger partial charge is 0.353 e. The second-order valence-corrected chi connectivity index (χ2v) is 7.71. The first kappa shape index (κ1) is 18.8. The minimum atomic E-state index is -4.42. The van der Waals surface area contributed by atoms with Crippen molar-refractivity contribution in [1.82, 2.24) is 14.8 Å². The maximum Gasteiger partial charge on any atom is 0.416 e. The number of hydrogen-bond donors (Lipinski definition) is 1. The molecule has 0 atom stereocenters. The van der Waals surface area contributed by atoms with Crippen LogP contribution in [0.25, 0.3) is 10.9 Å². The summed E-state index contributed by atoms with van der Waals surface area (Å²) in [6.45, 7) is 1.04. The first-order valence-electron chi connectivity index (χ1n) is 9.50. The van der Waals surface area contributed by atoms with E-state index >= 15 is 0 Å². The third-order valence-electron chi connectivity index (χ3n) is 5.67. The molecular weight excluding hydrogens is 371 g/mol. The van der Waals surface area contributed by atoms with Gasteiger partial charge in [0.1, 0.15) is 5.69 Å². The Bertz CT molecular complexity index is 923. The number of aromatic nitrogens is 1. The van der Waals surface area contributed by atoms with Crippen molar-refractivity contribution in [3.05, 3.63) is 35.5 Å². The fraction of sp³-hybridized carbons (Fsp3) is 0.500. The largest absolute Gasteiger partial charge is 0.416 e. The molecule has 1 aromatic heterocycles. The number of aryl methyl sites for hydroxylation is 1. The monoisotopic (exact) mass is 393 g/mol. The number of halogens is 3. The Balaban J connectivity index is 1.46. The van der Waals surface area contributed by atoms with Crippen LogP contribution in [0.15, 0.2) is 24.3 Å². The number of piperidine rings is 1. The zero-order valence-electron chi connectivity index (χ0n) is 15.6. The highest BCUT2D eigenvalue weighted by Crippen LogP contribution is 2.33. The number of carbonyl (C=O) groups is 2. The molecule has 1 N–H and O–H groups in total. The summed E-state index contributed by atoms with van der Waals surface area (Å²) in [5.74, 6) is 0.0789. The van der Waals surface area contributed by atoms with E-state index in [0.717, 1.165) is 25.0 Å². The summed E-state index contributed by atoms with van der Waals surface area (Å²) in [5.41, 5.74) is 0.231. The number of amides is 2. The second-order valence-electron chi connectivity index (χ2n) is 7.71. The maximum atomic E-state index is 12.9. The van der Waals surface area contributed by atoms with Crippen LogP contribution in [0.3, 0.4) is 0 Å². The molecule has 1 aliphatic carbocycles. The van der Waals surface area contributed by atoms with Crippen molar-refractivity contribution in [1.29, 1.82) is 0 Å². The second kappa shape index (κ2) is 6.83. The lowest BCUT2D eigenvalue weighted by Gasteiger charge is -2.32. The first-order chi connectivity index (χ1) is 13.2. The number of hydrogen-bond acceptors (Lipinski definition) is 2. The lowest BCUT2D eigenvalue weighted by molar-refractivity contribution is -0.137. The van der Waals surface area contributed by atoms with Crippen molar-refractivity contribution in [2.45, 2.75) is 37.9 Å². The van der Waals surface area contributed by atoms with Crippen LogP contribution in [0.5, 0.6) is 0 Å². The van der Waals surface area contributed by atoms with Gasteiger partial charge in [-0.2, -0.15) is 13.2 Å². The molecule has 1 aliphatic heterocycles. The van der Waals surface area contributed by atoms with Crippen LogP contribution in [0, 0.1) is 5.92 Å². The van der Waals surface area contributed by atoms with Crippen LogP contribution < -0.4 is 5.32 Å². The van der Waals surface area contributed by atoms with Crippen molar-refractivity contribution in [2.24, 2.45) is 13.0 Å². The molecular formula is C20H22F3N3O2. The van der Waals surface area contributed by atoms with Crippen LogP contribution in [-0.2, 0) is 18.0 Å². The van der Waals surface area contributed by atoms with Gasteiger partial charge in [-0.05, 0) is 49.9 Å². The van der Waals surface area contributed by atoms with Crippen LogP contribution in [0.1, 0.15) is 41.7 Å². The van der Waals surface area contributed by atoms with Gasteiger partial charge in [0.2, 0.25) is 5.91 Å². The topological polar surface area (TPSA) is 54.3 Å². The van der Waals surface area contributed by atoms with Gasteiger partial charge >= 0.3 is 6.18 Å². The van der Waals surface area contributed by atoms with E-state index in [4.69, 9.17) is 0 Å². The average Bonchev–Trinajstić information content (AvgIpc) is 3.45. The summed E-state index contributed by atoms with van der Waals surface area (Å²) < 4.78 is 40.5. The Morgan fingerprint density at radius 3 is 2.36 bits per heavy atom. The van der Waals surface area contributed by atoms with Gasteiger partial charge in [0, 0.05) is 43.0 Å². The van der Waals surface area contributed by atoms with Gasteiger partial charge in [-0.25, -0.2) is 0 Å². The molecule has 28 heavy (non-hydrogen) atoms. The molecule has 2 amide bonds. The number of rotatable bonds is 3. The standard InChI is InChI=1S/C20H22F3N3O2/c1-25-16-5-4-14(20(21,22)23)10-13(16)11-17(25)19(28)26-8-6-15(7-9-26)24-18(27)12-2-3-12/h4-5,10-12,15H,2-3,6-9H2,1H3,(H,24,27). The summed E-state index contributed by atoms with van der Waals surface area (Å²) in [5, 5.41) is 3.44. The normalized spacial score (nSPS) is 18.5. The van der Waals surface area contributed by atoms with Gasteiger partial charge in [-0.1, -0.05) is 0 Å². The molecule has 4 rings (SSSR count). The van der Waals surface area contributed by atoms with Crippen LogP contribution in [0.4, 0.5) is 13.2 Å². The van der Waals surface area contributed by atoms with Crippen molar-refractivity contribution in [3.63, 3.8) is 0 Å². The Labute approximate surface area is 160 Å². The minimum absolute atomic E-state index is 0.0824. The van der Waals surface area contributed by atoms with Crippen LogP contribution in [0.2, 0.25) is 0 Å². The van der Waals surface area contributed by atoms with E-state index in [9.17, 15) is 22.8 Å². The first-order valence-corrected chi connectivity index (χ1v) is 9.50. The van der Waals surface area contributed by atoms with E-state index in [0.29, 0.717) is 42.5 Å². The molecule has 8 heteroatoms. The summed E-state index contributed by atoms with van der Waals surface area (Å²) in [6.07, 6.45) is -1.12. The van der Waals surface area contributed by atoms with E-state index in [1.54, 1.807) is 16.5 Å². The van der Waals surface area contributed by atoms with Gasteiger partial charge in [0.25, 0.3) is 5.91 Å². The Morgan fingerprint density at radius 1 is 1.07 bits per heavy atom. The quantitative estimate of drug-likeness (QED) is 0.870. The fourth-order valence-electron chi connectivity index (χ4n) is 3.78. The highest BCUT2D eigenvalue weighted by Gasteiger charge is 2.33. The van der Waals surface area contributed by atoms with Crippen molar-refractivity contribution in [3.8, 4) is 0 Å². The molecule has 0 unspecified atom stereocenters. The summed E-state index contributed by atoms with van der Waals surface area (Å²) in [4.78, 5) is 26.5. The molecule has 0 radical (unpaired) electrons. The number of alkyl halides is 3. The molecule has 1 saturated carbocycles. The van der Waals surface area contributed by atoms with E-state index in [-0.39, 0.29) is 23.8 Å². The van der Waals surface area contributed by atoms with Gasteiger partial charge in [0.05, 0.1) is 5.56 Å². The average molecular weight is 393 g/mol. The highest BCUT2D eigenvalue weighted by molar-refractivity contribution is 5.99. The molecule has 1 aromatic carbocycles. The van der Waals surface area contributed by atoms with Gasteiger partial charge < -0.3 is 14.8 Å². The Morgan fingerprint density at radius 2 is 1.75 bits per heavy atom. The van der Waals surface area contributed by atoms with Crippen LogP contribution >= 0.6 is 0 Å². The van der Waals surface area contributed by atoms with Crippen molar-refractivity contribution in [2.75, 3.05) is 13.1 Å². The number of nitrogens with one attached hydrogen (secondary N) is 1. The summed E-state index contributed by atoms with van der Waals surface area (Å²) in [7, 11) is 1.69. The SMILES string of the molecule is Cn1c(C(=O)N2CCC(NC(=O)C3CC3)CC2)cc2cc(C(F)(F)F)ccc21. The molecule has 0 bridgehead atoms. The lowest BCUT2D eigenvalue weighted by Crippen LogP contribution is -2.47. The Kier molecular flexibility index (Phi) is 4.59. The number of likely N-dealkylation sites (tertiary alicyclic amines) is 1. The molecule has 0 spiro atoms. The van der Waals surface area contributed by atoms with Gasteiger partial charge in [0.15, 0.2) is 0 Å². The maximum absolute atomic E-state index is 12.9. The molecule has 5 nitrogen and oxygen atoms in total. The third kappa shape index (κ3) is 3.59. The summed E-state index contributed by atoms with van der Waals surface area (Å²) in [6, 6.07) is 5.11. The van der Waals surface area contributed by atoms with Crippen LogP contribution in [-0.4, -0.2) is 40.4 Å². The predicted molar refractivity (Wildman–Crippen MR) is 97.7 cm³/mol. The number of nitrogens with zero attached hydrogens (tertiary/aromatic N) is 2. The van der Waals surface area contributed by atoms with Gasteiger partial charge in [-0.15, -0.1) is 0 Å². The van der Waals surface area contributed by atoms with E-state index in [2.05, 4.69) is 5.32 Å².